The Bertz CT molecular complexity index is 622. The standard InChI is InChI=1S/C14H11Cl2FN2O/c15-12-11(8-2-1-3-10(17)6-8)13(16)19-14(18-12)9-4-5-20-7-9/h1-3,6,9H,4-5,7H2. The molecule has 1 aromatic carbocycles. The van der Waals surface area contributed by atoms with Crippen molar-refractivity contribution < 1.29 is 9.13 Å². The number of benzene rings is 1. The van der Waals surface area contributed by atoms with E-state index < -0.39 is 0 Å². The molecule has 0 radical (unpaired) electrons. The van der Waals surface area contributed by atoms with Crippen LogP contribution in [0.2, 0.25) is 10.3 Å². The van der Waals surface area contributed by atoms with Crippen LogP contribution in [0.15, 0.2) is 24.3 Å². The normalized spacial score (nSPS) is 18.4. The summed E-state index contributed by atoms with van der Waals surface area (Å²) in [4.78, 5) is 8.58. The van der Waals surface area contributed by atoms with Crippen LogP contribution in [0.5, 0.6) is 0 Å². The van der Waals surface area contributed by atoms with E-state index >= 15 is 0 Å². The zero-order valence-electron chi connectivity index (χ0n) is 10.4. The van der Waals surface area contributed by atoms with Gasteiger partial charge in [0.1, 0.15) is 21.9 Å². The second-order valence-corrected chi connectivity index (χ2v) is 5.33. The molecule has 1 unspecified atom stereocenters. The Labute approximate surface area is 125 Å². The lowest BCUT2D eigenvalue weighted by molar-refractivity contribution is 0.193. The number of nitrogens with zero attached hydrogens (tertiary/aromatic N) is 2. The molecular formula is C14H11Cl2FN2O. The number of hydrogen-bond donors (Lipinski definition) is 0. The lowest BCUT2D eigenvalue weighted by atomic mass is 10.1. The number of ether oxygens (including phenoxy) is 1. The fourth-order valence-corrected chi connectivity index (χ4v) is 2.84. The molecule has 1 saturated heterocycles. The molecule has 1 atom stereocenters. The SMILES string of the molecule is Fc1cccc(-c2c(Cl)nc(C3CCOC3)nc2Cl)c1. The van der Waals surface area contributed by atoms with E-state index in [0.717, 1.165) is 6.42 Å². The van der Waals surface area contributed by atoms with E-state index in [1.54, 1.807) is 12.1 Å². The molecule has 0 saturated carbocycles. The van der Waals surface area contributed by atoms with E-state index in [4.69, 9.17) is 27.9 Å². The van der Waals surface area contributed by atoms with Gasteiger partial charge in [0.15, 0.2) is 0 Å². The Morgan fingerprint density at radius 2 is 1.95 bits per heavy atom. The van der Waals surface area contributed by atoms with Crippen molar-refractivity contribution in [2.75, 3.05) is 13.2 Å². The van der Waals surface area contributed by atoms with Crippen molar-refractivity contribution in [2.24, 2.45) is 0 Å². The molecule has 2 aromatic rings. The van der Waals surface area contributed by atoms with Crippen molar-refractivity contribution in [1.82, 2.24) is 9.97 Å². The zero-order chi connectivity index (χ0) is 14.1. The van der Waals surface area contributed by atoms with Gasteiger partial charge in [-0.2, -0.15) is 0 Å². The minimum atomic E-state index is -0.358. The van der Waals surface area contributed by atoms with Crippen LogP contribution in [0.25, 0.3) is 11.1 Å². The molecule has 0 N–H and O–H groups in total. The van der Waals surface area contributed by atoms with Crippen LogP contribution in [0, 0.1) is 5.82 Å². The average Bonchev–Trinajstić information content (AvgIpc) is 2.91. The van der Waals surface area contributed by atoms with E-state index in [0.29, 0.717) is 30.2 Å². The summed E-state index contributed by atoms with van der Waals surface area (Å²) in [6, 6.07) is 6.03. The molecular weight excluding hydrogens is 302 g/mol. The predicted molar refractivity (Wildman–Crippen MR) is 75.6 cm³/mol. The summed E-state index contributed by atoms with van der Waals surface area (Å²) in [5.41, 5.74) is 1.02. The smallest absolute Gasteiger partial charge is 0.142 e. The Hall–Kier alpha value is -1.23. The molecule has 20 heavy (non-hydrogen) atoms. The van der Waals surface area contributed by atoms with Gasteiger partial charge in [-0.25, -0.2) is 14.4 Å². The summed E-state index contributed by atoms with van der Waals surface area (Å²) in [5, 5.41) is 0.468. The molecule has 0 bridgehead atoms. The van der Waals surface area contributed by atoms with Crippen LogP contribution in [0.4, 0.5) is 4.39 Å². The van der Waals surface area contributed by atoms with E-state index in [1.165, 1.54) is 12.1 Å². The highest BCUT2D eigenvalue weighted by atomic mass is 35.5. The Morgan fingerprint density at radius 1 is 1.20 bits per heavy atom. The third-order valence-corrected chi connectivity index (χ3v) is 3.79. The molecule has 0 amide bonds. The maximum absolute atomic E-state index is 13.3. The Balaban J connectivity index is 2.04. The van der Waals surface area contributed by atoms with Gasteiger partial charge in [0.05, 0.1) is 12.2 Å². The largest absolute Gasteiger partial charge is 0.381 e. The minimum absolute atomic E-state index is 0.117. The topological polar surface area (TPSA) is 35.0 Å². The second kappa shape index (κ2) is 5.64. The highest BCUT2D eigenvalue weighted by molar-refractivity contribution is 6.37. The monoisotopic (exact) mass is 312 g/mol. The van der Waals surface area contributed by atoms with Crippen molar-refractivity contribution in [3.8, 4) is 11.1 Å². The fourth-order valence-electron chi connectivity index (χ4n) is 2.23. The van der Waals surface area contributed by atoms with Crippen molar-refractivity contribution in [3.05, 3.63) is 46.2 Å². The van der Waals surface area contributed by atoms with Gasteiger partial charge in [-0.05, 0) is 24.1 Å². The number of rotatable bonds is 2. The van der Waals surface area contributed by atoms with Gasteiger partial charge in [0.25, 0.3) is 0 Å². The van der Waals surface area contributed by atoms with Gasteiger partial charge in [-0.15, -0.1) is 0 Å². The summed E-state index contributed by atoms with van der Waals surface area (Å²) < 4.78 is 18.6. The van der Waals surface area contributed by atoms with Gasteiger partial charge in [0.2, 0.25) is 0 Å². The average molecular weight is 313 g/mol. The highest BCUT2D eigenvalue weighted by Crippen LogP contribution is 2.34. The third kappa shape index (κ3) is 2.64. The van der Waals surface area contributed by atoms with Gasteiger partial charge >= 0.3 is 0 Å². The lowest BCUT2D eigenvalue weighted by Crippen LogP contribution is -2.05. The Morgan fingerprint density at radius 3 is 2.55 bits per heavy atom. The van der Waals surface area contributed by atoms with Crippen LogP contribution >= 0.6 is 23.2 Å². The van der Waals surface area contributed by atoms with Crippen LogP contribution in [0.1, 0.15) is 18.2 Å². The molecule has 104 valence electrons. The number of halogens is 3. The van der Waals surface area contributed by atoms with E-state index in [2.05, 4.69) is 9.97 Å². The summed E-state index contributed by atoms with van der Waals surface area (Å²) in [6.07, 6.45) is 0.853. The van der Waals surface area contributed by atoms with Crippen LogP contribution in [-0.4, -0.2) is 23.2 Å². The van der Waals surface area contributed by atoms with E-state index in [9.17, 15) is 4.39 Å². The number of hydrogen-bond acceptors (Lipinski definition) is 3. The molecule has 0 spiro atoms. The molecule has 2 heterocycles. The second-order valence-electron chi connectivity index (χ2n) is 4.61. The lowest BCUT2D eigenvalue weighted by Gasteiger charge is -2.11. The van der Waals surface area contributed by atoms with Crippen LogP contribution < -0.4 is 0 Å². The van der Waals surface area contributed by atoms with Crippen molar-refractivity contribution in [1.29, 1.82) is 0 Å². The van der Waals surface area contributed by atoms with Crippen LogP contribution in [0.3, 0.4) is 0 Å². The van der Waals surface area contributed by atoms with E-state index in [-0.39, 0.29) is 22.0 Å². The number of aromatic nitrogens is 2. The first-order chi connectivity index (χ1) is 9.65. The molecule has 3 rings (SSSR count). The molecule has 1 aromatic heterocycles. The molecule has 1 aliphatic rings. The predicted octanol–water partition coefficient (Wildman–Crippen LogP) is 4.09. The van der Waals surface area contributed by atoms with Gasteiger partial charge in [-0.3, -0.25) is 0 Å². The summed E-state index contributed by atoms with van der Waals surface area (Å²) in [5.74, 6) is 0.340. The summed E-state index contributed by atoms with van der Waals surface area (Å²) in [6.45, 7) is 1.26. The Kier molecular flexibility index (Phi) is 3.87. The van der Waals surface area contributed by atoms with Crippen molar-refractivity contribution >= 4 is 23.2 Å². The molecule has 1 fully saturated rings. The quantitative estimate of drug-likeness (QED) is 0.783. The third-order valence-electron chi connectivity index (χ3n) is 3.25. The first-order valence-corrected chi connectivity index (χ1v) is 6.97. The molecule has 3 nitrogen and oxygen atoms in total. The summed E-state index contributed by atoms with van der Waals surface area (Å²) in [7, 11) is 0. The van der Waals surface area contributed by atoms with Crippen LogP contribution in [-0.2, 0) is 4.74 Å². The molecule has 0 aliphatic carbocycles. The first kappa shape index (κ1) is 13.7. The summed E-state index contributed by atoms with van der Waals surface area (Å²) >= 11 is 12.4. The van der Waals surface area contributed by atoms with Gasteiger partial charge < -0.3 is 4.74 Å². The maximum atomic E-state index is 13.3. The van der Waals surface area contributed by atoms with Crippen molar-refractivity contribution in [2.45, 2.75) is 12.3 Å². The first-order valence-electron chi connectivity index (χ1n) is 6.22. The maximum Gasteiger partial charge on any atom is 0.142 e. The van der Waals surface area contributed by atoms with Crippen molar-refractivity contribution in [3.63, 3.8) is 0 Å². The van der Waals surface area contributed by atoms with Gasteiger partial charge in [0, 0.05) is 12.5 Å². The molecule has 6 heteroatoms. The highest BCUT2D eigenvalue weighted by Gasteiger charge is 2.23. The van der Waals surface area contributed by atoms with Gasteiger partial charge in [-0.1, -0.05) is 35.3 Å². The zero-order valence-corrected chi connectivity index (χ0v) is 12.0. The minimum Gasteiger partial charge on any atom is -0.381 e. The van der Waals surface area contributed by atoms with E-state index in [1.807, 2.05) is 0 Å². The molecule has 1 aliphatic heterocycles. The fraction of sp³-hybridized carbons (Fsp3) is 0.286.